The van der Waals surface area contributed by atoms with Crippen molar-refractivity contribution >= 4 is 34.6 Å². The SMILES string of the molecule is CC(C)(C)OC(=O)c1c(Cl)c2ccccc2n1C(=O)OC(C)(C)C. The molecule has 24 heavy (non-hydrogen) atoms. The zero-order valence-electron chi connectivity index (χ0n) is 14.8. The van der Waals surface area contributed by atoms with Gasteiger partial charge in [0, 0.05) is 5.39 Å². The van der Waals surface area contributed by atoms with Crippen LogP contribution in [-0.4, -0.2) is 27.8 Å². The van der Waals surface area contributed by atoms with Crippen LogP contribution in [0.4, 0.5) is 4.79 Å². The van der Waals surface area contributed by atoms with Crippen molar-refractivity contribution in [3.63, 3.8) is 0 Å². The van der Waals surface area contributed by atoms with E-state index in [0.29, 0.717) is 10.9 Å². The number of rotatable bonds is 1. The molecule has 0 spiro atoms. The number of ether oxygens (including phenoxy) is 2. The van der Waals surface area contributed by atoms with Gasteiger partial charge < -0.3 is 9.47 Å². The van der Waals surface area contributed by atoms with Crippen molar-refractivity contribution in [1.82, 2.24) is 4.57 Å². The van der Waals surface area contributed by atoms with Crippen molar-refractivity contribution in [3.05, 3.63) is 35.0 Å². The highest BCUT2D eigenvalue weighted by atomic mass is 35.5. The number of benzene rings is 1. The van der Waals surface area contributed by atoms with Gasteiger partial charge in [0.15, 0.2) is 5.69 Å². The van der Waals surface area contributed by atoms with Gasteiger partial charge >= 0.3 is 12.1 Å². The van der Waals surface area contributed by atoms with E-state index in [4.69, 9.17) is 21.1 Å². The van der Waals surface area contributed by atoms with Crippen molar-refractivity contribution in [3.8, 4) is 0 Å². The molecule has 0 unspecified atom stereocenters. The molecule has 130 valence electrons. The summed E-state index contributed by atoms with van der Waals surface area (Å²) in [6, 6.07) is 7.00. The number of para-hydroxylation sites is 1. The largest absolute Gasteiger partial charge is 0.455 e. The van der Waals surface area contributed by atoms with E-state index in [2.05, 4.69) is 0 Å². The summed E-state index contributed by atoms with van der Waals surface area (Å²) in [5.74, 6) is -0.672. The Morgan fingerprint density at radius 1 is 0.958 bits per heavy atom. The molecular weight excluding hydrogens is 330 g/mol. The second-order valence-corrected chi connectivity index (χ2v) is 7.88. The van der Waals surface area contributed by atoms with Crippen molar-refractivity contribution < 1.29 is 19.1 Å². The average molecular weight is 352 g/mol. The topological polar surface area (TPSA) is 57.5 Å². The highest BCUT2D eigenvalue weighted by Gasteiger charge is 2.31. The molecule has 1 aromatic heterocycles. The van der Waals surface area contributed by atoms with E-state index in [1.165, 1.54) is 4.57 Å². The van der Waals surface area contributed by atoms with Gasteiger partial charge in [-0.3, -0.25) is 0 Å². The quantitative estimate of drug-likeness (QED) is 0.676. The Balaban J connectivity index is 2.65. The van der Waals surface area contributed by atoms with Crippen LogP contribution in [0.1, 0.15) is 52.0 Å². The summed E-state index contributed by atoms with van der Waals surface area (Å²) >= 11 is 6.37. The molecule has 0 aliphatic carbocycles. The van der Waals surface area contributed by atoms with E-state index >= 15 is 0 Å². The third-order valence-electron chi connectivity index (χ3n) is 2.98. The van der Waals surface area contributed by atoms with Crippen LogP contribution in [0, 0.1) is 0 Å². The van der Waals surface area contributed by atoms with Crippen molar-refractivity contribution in [2.45, 2.75) is 52.7 Å². The van der Waals surface area contributed by atoms with Crippen LogP contribution in [0.3, 0.4) is 0 Å². The Morgan fingerprint density at radius 2 is 1.50 bits per heavy atom. The van der Waals surface area contributed by atoms with Gasteiger partial charge in [0.25, 0.3) is 0 Å². The van der Waals surface area contributed by atoms with Crippen molar-refractivity contribution in [2.75, 3.05) is 0 Å². The molecule has 0 saturated heterocycles. The van der Waals surface area contributed by atoms with Crippen LogP contribution >= 0.6 is 11.6 Å². The second kappa shape index (κ2) is 6.13. The van der Waals surface area contributed by atoms with E-state index in [-0.39, 0.29) is 10.7 Å². The zero-order chi connectivity index (χ0) is 18.3. The number of hydrogen-bond donors (Lipinski definition) is 0. The lowest BCUT2D eigenvalue weighted by molar-refractivity contribution is 0.00503. The minimum atomic E-state index is -0.713. The van der Waals surface area contributed by atoms with Gasteiger partial charge in [0.05, 0.1) is 10.5 Å². The third-order valence-corrected chi connectivity index (χ3v) is 3.36. The molecule has 0 aliphatic heterocycles. The summed E-state index contributed by atoms with van der Waals surface area (Å²) in [5, 5.41) is 0.761. The zero-order valence-corrected chi connectivity index (χ0v) is 15.5. The summed E-state index contributed by atoms with van der Waals surface area (Å²) in [7, 11) is 0. The number of halogens is 1. The Morgan fingerprint density at radius 3 is 2.04 bits per heavy atom. The van der Waals surface area contributed by atoms with Crippen LogP contribution in [-0.2, 0) is 9.47 Å². The fourth-order valence-electron chi connectivity index (χ4n) is 2.20. The van der Waals surface area contributed by atoms with Gasteiger partial charge in [0.1, 0.15) is 11.2 Å². The number of nitrogens with zero attached hydrogens (tertiary/aromatic N) is 1. The molecule has 1 aromatic carbocycles. The van der Waals surface area contributed by atoms with Crippen LogP contribution in [0.2, 0.25) is 5.02 Å². The Labute approximate surface area is 146 Å². The summed E-state index contributed by atoms with van der Waals surface area (Å²) in [5.41, 5.74) is -0.949. The highest BCUT2D eigenvalue weighted by Crippen LogP contribution is 2.32. The fraction of sp³-hybridized carbons (Fsp3) is 0.444. The average Bonchev–Trinajstić information content (AvgIpc) is 2.69. The third kappa shape index (κ3) is 3.90. The minimum Gasteiger partial charge on any atom is -0.455 e. The Kier molecular flexibility index (Phi) is 4.68. The molecular formula is C18H22ClNO4. The van der Waals surface area contributed by atoms with Gasteiger partial charge in [-0.25, -0.2) is 14.2 Å². The van der Waals surface area contributed by atoms with E-state index in [0.717, 1.165) is 0 Å². The first-order valence-electron chi connectivity index (χ1n) is 7.66. The van der Waals surface area contributed by atoms with E-state index < -0.39 is 23.3 Å². The lowest BCUT2D eigenvalue weighted by Crippen LogP contribution is -2.31. The summed E-state index contributed by atoms with van der Waals surface area (Å²) in [6.07, 6.45) is -0.675. The number of esters is 1. The predicted octanol–water partition coefficient (Wildman–Crippen LogP) is 5.03. The molecule has 2 aromatic rings. The smallest absolute Gasteiger partial charge is 0.419 e. The normalized spacial score (nSPS) is 12.3. The standard InChI is InChI=1S/C18H22ClNO4/c1-17(2,3)23-15(21)14-13(19)11-9-7-8-10-12(11)20(14)16(22)24-18(4,5)6/h7-10H,1-6H3. The van der Waals surface area contributed by atoms with Crippen LogP contribution in [0.5, 0.6) is 0 Å². The highest BCUT2D eigenvalue weighted by molar-refractivity contribution is 6.39. The van der Waals surface area contributed by atoms with Crippen LogP contribution in [0.25, 0.3) is 10.9 Å². The monoisotopic (exact) mass is 351 g/mol. The van der Waals surface area contributed by atoms with E-state index in [1.54, 1.807) is 65.8 Å². The lowest BCUT2D eigenvalue weighted by Gasteiger charge is -2.22. The van der Waals surface area contributed by atoms with E-state index in [1.807, 2.05) is 0 Å². The molecule has 2 rings (SSSR count). The van der Waals surface area contributed by atoms with Gasteiger partial charge in [-0.1, -0.05) is 29.8 Å². The Bertz CT molecular complexity index is 794. The first kappa shape index (κ1) is 18.3. The number of aromatic nitrogens is 1. The predicted molar refractivity (Wildman–Crippen MR) is 93.7 cm³/mol. The molecule has 6 heteroatoms. The summed E-state index contributed by atoms with van der Waals surface area (Å²) in [4.78, 5) is 25.3. The van der Waals surface area contributed by atoms with Crippen LogP contribution < -0.4 is 0 Å². The van der Waals surface area contributed by atoms with Gasteiger partial charge in [-0.2, -0.15) is 0 Å². The van der Waals surface area contributed by atoms with E-state index in [9.17, 15) is 9.59 Å². The summed E-state index contributed by atoms with van der Waals surface area (Å²) in [6.45, 7) is 10.5. The molecule has 0 atom stereocenters. The summed E-state index contributed by atoms with van der Waals surface area (Å²) < 4.78 is 12.0. The van der Waals surface area contributed by atoms with Gasteiger partial charge in [-0.15, -0.1) is 0 Å². The molecule has 1 heterocycles. The van der Waals surface area contributed by atoms with Crippen molar-refractivity contribution in [2.24, 2.45) is 0 Å². The van der Waals surface area contributed by atoms with Crippen molar-refractivity contribution in [1.29, 1.82) is 0 Å². The maximum Gasteiger partial charge on any atom is 0.419 e. The van der Waals surface area contributed by atoms with Gasteiger partial charge in [0.2, 0.25) is 0 Å². The molecule has 0 bridgehead atoms. The molecule has 0 N–H and O–H groups in total. The number of carbonyl (C=O) groups is 2. The minimum absolute atomic E-state index is 0.0259. The number of carbonyl (C=O) groups excluding carboxylic acids is 2. The van der Waals surface area contributed by atoms with Gasteiger partial charge in [-0.05, 0) is 47.6 Å². The molecule has 0 aliphatic rings. The molecule has 5 nitrogen and oxygen atoms in total. The number of fused-ring (bicyclic) bond motifs is 1. The first-order chi connectivity index (χ1) is 10.9. The maximum absolute atomic E-state index is 12.7. The fourth-order valence-corrected chi connectivity index (χ4v) is 2.53. The Hall–Kier alpha value is -2.01. The molecule has 0 radical (unpaired) electrons. The maximum atomic E-state index is 12.7. The van der Waals surface area contributed by atoms with Crippen LogP contribution in [0.15, 0.2) is 24.3 Å². The molecule has 0 saturated carbocycles. The first-order valence-corrected chi connectivity index (χ1v) is 8.04. The second-order valence-electron chi connectivity index (χ2n) is 7.50. The lowest BCUT2D eigenvalue weighted by atomic mass is 10.2. The molecule has 0 fully saturated rings. The molecule has 0 amide bonds. The number of hydrogen-bond acceptors (Lipinski definition) is 4.